The van der Waals surface area contributed by atoms with E-state index >= 15 is 0 Å². The number of para-hydroxylation sites is 1. The van der Waals surface area contributed by atoms with Gasteiger partial charge in [-0.05, 0) is 148 Å². The summed E-state index contributed by atoms with van der Waals surface area (Å²) in [5, 5.41) is 29.4. The molecule has 0 aliphatic heterocycles. The van der Waals surface area contributed by atoms with E-state index in [2.05, 4.69) is 114 Å². The van der Waals surface area contributed by atoms with Gasteiger partial charge in [-0.2, -0.15) is 5.10 Å². The number of rotatable bonds is 40. The van der Waals surface area contributed by atoms with E-state index in [1.165, 1.54) is 76.9 Å². The average molecular weight is 1440 g/mol. The number of allylic oxidation sites excluding steroid dienone is 1. The van der Waals surface area contributed by atoms with Crippen molar-refractivity contribution >= 4 is 76.4 Å². The lowest BCUT2D eigenvalue weighted by Crippen LogP contribution is -2.60. The van der Waals surface area contributed by atoms with Gasteiger partial charge in [0, 0.05) is 81.2 Å². The van der Waals surface area contributed by atoms with Crippen LogP contribution in [0.15, 0.2) is 90.1 Å². The summed E-state index contributed by atoms with van der Waals surface area (Å²) in [6.07, 6.45) is 23.3. The second-order valence-electron chi connectivity index (χ2n) is 30.4. The molecule has 4 aromatic rings. The first-order chi connectivity index (χ1) is 49.8. The Morgan fingerprint density at radius 1 is 0.663 bits per heavy atom. The molecule has 568 valence electrons. The third-order valence-electron chi connectivity index (χ3n) is 22.4. The van der Waals surface area contributed by atoms with Gasteiger partial charge in [-0.15, -0.1) is 0 Å². The van der Waals surface area contributed by atoms with Gasteiger partial charge in [0.05, 0.1) is 6.33 Å². The minimum atomic E-state index is -1.35. The van der Waals surface area contributed by atoms with Gasteiger partial charge in [0.25, 0.3) is 5.91 Å². The van der Waals surface area contributed by atoms with Crippen LogP contribution >= 0.6 is 0 Å². The number of imidazole rings is 1. The second kappa shape index (κ2) is 39.1. The number of H-pyrrole nitrogens is 2. The number of primary amides is 1. The number of carbonyl (C=O) groups is 10. The Morgan fingerprint density at radius 3 is 2.07 bits per heavy atom. The molecule has 4 aliphatic rings. The number of carbonyl (C=O) groups excluding carboxylic acids is 10. The number of aromatic nitrogens is 3. The van der Waals surface area contributed by atoms with Crippen LogP contribution in [0.1, 0.15) is 188 Å². The molecule has 10 amide bonds. The lowest BCUT2D eigenvalue weighted by atomic mass is 9.47. The van der Waals surface area contributed by atoms with Gasteiger partial charge in [-0.1, -0.05) is 134 Å². The van der Waals surface area contributed by atoms with Gasteiger partial charge in [-0.3, -0.25) is 43.2 Å². The molecule has 3 fully saturated rings. The second-order valence-corrected chi connectivity index (χ2v) is 30.4. The SMILES string of the molecule is CCCC[C@H](NC(C)=O)C(=O)N[C@@H](C)C(=O)N[C@@H](Cc1cnc[nH]1)C(=O)N[C@H](Cc1ccccc1)C(=O)N[C@@H](CCCCNC(=O)CN/N=C/C(=O)NCCCNC(=O)O[C@H]1CC[C@@]2(C)C(=CC[C@H]3[C@@H]4CC[C@H]([C@H](C)CCCC(C)C)[C@@]4(C)CC[C@@H]32)C1)C(=O)N[C@@H](Cc1c[nH]c2ccccc12)C(N)=O. The number of fused-ring (bicyclic) bond motifs is 6. The number of hydrogen-bond donors (Lipinski definition) is 13. The third-order valence-corrected chi connectivity index (χ3v) is 22.4. The molecule has 0 radical (unpaired) electrons. The fraction of sp³-hybridized carbons (Fsp3) is 0.615. The third kappa shape index (κ3) is 22.9. The minimum absolute atomic E-state index is 0.00255. The zero-order chi connectivity index (χ0) is 74.9. The van der Waals surface area contributed by atoms with Gasteiger partial charge in [0.1, 0.15) is 55.1 Å². The van der Waals surface area contributed by atoms with Gasteiger partial charge in [0.2, 0.25) is 47.3 Å². The fourth-order valence-corrected chi connectivity index (χ4v) is 16.8. The first-order valence-electron chi connectivity index (χ1n) is 37.9. The molecule has 26 nitrogen and oxygen atoms in total. The average Bonchev–Trinajstić information content (AvgIpc) is 1.47. The number of nitrogens with zero attached hydrogens (tertiary/aromatic N) is 2. The summed E-state index contributed by atoms with van der Waals surface area (Å²) in [6, 6.07) is 8.96. The maximum Gasteiger partial charge on any atom is 0.407 e. The van der Waals surface area contributed by atoms with Gasteiger partial charge >= 0.3 is 6.09 Å². The summed E-state index contributed by atoms with van der Waals surface area (Å²) in [5.74, 6) is -1.23. The predicted molar refractivity (Wildman–Crippen MR) is 398 cm³/mol. The number of unbranched alkanes of at least 4 members (excludes halogenated alkanes) is 2. The fourth-order valence-electron chi connectivity index (χ4n) is 16.8. The molecule has 3 saturated carbocycles. The van der Waals surface area contributed by atoms with Crippen molar-refractivity contribution in [3.63, 3.8) is 0 Å². The van der Waals surface area contributed by atoms with Crippen LogP contribution in [-0.2, 0) is 67.2 Å². The molecule has 14 atom stereocenters. The van der Waals surface area contributed by atoms with Crippen molar-refractivity contribution in [1.82, 2.24) is 68.2 Å². The molecule has 0 spiro atoms. The number of amides is 10. The lowest BCUT2D eigenvalue weighted by molar-refractivity contribution is -0.135. The van der Waals surface area contributed by atoms with Crippen LogP contribution in [0.4, 0.5) is 4.79 Å². The molecule has 104 heavy (non-hydrogen) atoms. The molecule has 8 rings (SSSR count). The van der Waals surface area contributed by atoms with Crippen molar-refractivity contribution in [3.05, 3.63) is 102 Å². The van der Waals surface area contributed by atoms with E-state index in [9.17, 15) is 47.9 Å². The molecule has 0 unspecified atom stereocenters. The number of ether oxygens (including phenoxy) is 1. The van der Waals surface area contributed by atoms with Crippen molar-refractivity contribution in [2.24, 2.45) is 57.2 Å². The summed E-state index contributed by atoms with van der Waals surface area (Å²) in [6.45, 7) is 17.4. The maximum absolute atomic E-state index is 14.8. The van der Waals surface area contributed by atoms with E-state index in [4.69, 9.17) is 10.5 Å². The van der Waals surface area contributed by atoms with Crippen molar-refractivity contribution in [2.45, 2.75) is 233 Å². The van der Waals surface area contributed by atoms with Crippen molar-refractivity contribution in [2.75, 3.05) is 26.2 Å². The number of nitrogens with one attached hydrogen (secondary N) is 12. The first kappa shape index (κ1) is 80.6. The standard InChI is InChI=1S/C78H115N15O11/c1-9-10-25-63(89-51(6)94)72(99)88-50(5)71(98)92-67(42-55-44-80-47-85-55)75(102)93-66(39-52-22-12-11-13-23-52)74(101)90-64(73(100)91-65(70(79)97)40-53-43-84-62-26-15-14-24-57(53)62)27-16-17-36-81-68(95)45-86-87-46-69(96)82-37-19-38-83-76(103)104-56-32-34-77(7)54(41-56)28-29-58-60-31-30-59(49(4)21-18-20-48(2)3)78(60,8)35-33-61(58)77/h11-15,22-24,26,28,43-44,46-50,56,58-61,63-67,84,86H,9-10,16-21,25,27,29-42,45H2,1-8H3,(H2,79,97)(H,80,85)(H,81,95)(H,82,96)(H,83,103)(H,88,99)(H,89,94)(H,90,101)(H,91,100)(H,92,98)(H,93,102)/b87-46+/t49-,50+,56+,58+,59-,60+,61+,63+,64+,65+,66-,67+,77+,78-/m1/s1. The summed E-state index contributed by atoms with van der Waals surface area (Å²) in [5.41, 5.74) is 13.2. The van der Waals surface area contributed by atoms with Crippen LogP contribution in [0.2, 0.25) is 0 Å². The first-order valence-corrected chi connectivity index (χ1v) is 37.9. The number of hydrazone groups is 1. The molecule has 14 N–H and O–H groups in total. The zero-order valence-electron chi connectivity index (χ0n) is 62.2. The highest BCUT2D eigenvalue weighted by Gasteiger charge is 2.59. The van der Waals surface area contributed by atoms with E-state index < -0.39 is 95.5 Å². The lowest BCUT2D eigenvalue weighted by Gasteiger charge is -2.58. The molecule has 0 bridgehead atoms. The number of benzene rings is 2. The van der Waals surface area contributed by atoms with Crippen LogP contribution < -0.4 is 59.0 Å². The number of alkyl carbamates (subject to hydrolysis) is 1. The Labute approximate surface area is 612 Å². The summed E-state index contributed by atoms with van der Waals surface area (Å²) < 4.78 is 5.98. The van der Waals surface area contributed by atoms with Crippen LogP contribution in [0, 0.1) is 46.3 Å². The van der Waals surface area contributed by atoms with Crippen molar-refractivity contribution < 1.29 is 52.7 Å². The Morgan fingerprint density at radius 2 is 1.34 bits per heavy atom. The summed E-state index contributed by atoms with van der Waals surface area (Å²) >= 11 is 0. The Hall–Kier alpha value is -9.10. The molecule has 2 aromatic carbocycles. The van der Waals surface area contributed by atoms with Crippen LogP contribution in [-0.4, -0.2) is 149 Å². The predicted octanol–water partition coefficient (Wildman–Crippen LogP) is 7.05. The van der Waals surface area contributed by atoms with E-state index in [1.54, 1.807) is 36.5 Å². The zero-order valence-corrected chi connectivity index (χ0v) is 62.2. The van der Waals surface area contributed by atoms with Crippen molar-refractivity contribution in [1.29, 1.82) is 0 Å². The Kier molecular flexibility index (Phi) is 30.3. The van der Waals surface area contributed by atoms with Crippen LogP contribution in [0.5, 0.6) is 0 Å². The topological polar surface area (TPSA) is 383 Å². The van der Waals surface area contributed by atoms with Gasteiger partial charge in [-0.25, -0.2) is 9.78 Å². The van der Waals surface area contributed by atoms with E-state index in [-0.39, 0.29) is 63.3 Å². The Bertz CT molecular complexity index is 3600. The van der Waals surface area contributed by atoms with Crippen LogP contribution in [0.25, 0.3) is 10.9 Å². The number of hydrogen-bond acceptors (Lipinski definition) is 14. The summed E-state index contributed by atoms with van der Waals surface area (Å²) in [4.78, 5) is 145. The van der Waals surface area contributed by atoms with E-state index in [0.29, 0.717) is 60.4 Å². The highest BCUT2D eigenvalue weighted by Crippen LogP contribution is 2.67. The molecule has 0 saturated heterocycles. The molecule has 2 aromatic heterocycles. The van der Waals surface area contributed by atoms with Gasteiger partial charge in [0.15, 0.2) is 0 Å². The Balaban J connectivity index is 0.792. The van der Waals surface area contributed by atoms with E-state index in [1.807, 2.05) is 31.2 Å². The van der Waals surface area contributed by atoms with Crippen molar-refractivity contribution in [3.8, 4) is 0 Å². The maximum atomic E-state index is 14.8. The van der Waals surface area contributed by atoms with Crippen LogP contribution in [0.3, 0.4) is 0 Å². The molecule has 2 heterocycles. The molecule has 26 heteroatoms. The normalized spacial score (nSPS) is 22.4. The quantitative estimate of drug-likeness (QED) is 0.00920. The molecular formula is C78H115N15O11. The monoisotopic (exact) mass is 1440 g/mol. The van der Waals surface area contributed by atoms with Gasteiger partial charge < -0.3 is 73.7 Å². The smallest absolute Gasteiger partial charge is 0.407 e. The molecule has 4 aliphatic carbocycles. The highest BCUT2D eigenvalue weighted by atomic mass is 16.6. The summed E-state index contributed by atoms with van der Waals surface area (Å²) in [7, 11) is 0. The number of nitrogens with two attached hydrogens (primary N) is 1. The largest absolute Gasteiger partial charge is 0.446 e. The number of aromatic amines is 2. The molecular weight excluding hydrogens is 1320 g/mol. The minimum Gasteiger partial charge on any atom is -0.446 e. The van der Waals surface area contributed by atoms with E-state index in [0.717, 1.165) is 78.8 Å². The highest BCUT2D eigenvalue weighted by molar-refractivity contribution is 6.26.